The van der Waals surface area contributed by atoms with E-state index in [1.807, 2.05) is 24.4 Å². The fourth-order valence-corrected chi connectivity index (χ4v) is 9.63. The van der Waals surface area contributed by atoms with Gasteiger partial charge in [0, 0.05) is 72.5 Å². The van der Waals surface area contributed by atoms with Crippen molar-refractivity contribution in [1.29, 1.82) is 0 Å². The molecule has 0 aliphatic carbocycles. The zero-order valence-electron chi connectivity index (χ0n) is 39.0. The second-order valence-electron chi connectivity index (χ2n) is 18.5. The predicted molar refractivity (Wildman–Crippen MR) is 285 cm³/mol. The molecule has 0 atom stereocenters. The number of benzene rings is 9. The third-order valence-corrected chi connectivity index (χ3v) is 13.1. The van der Waals surface area contributed by atoms with Crippen LogP contribution in [-0.4, -0.2) is 9.55 Å². The molecular formula is C64H47N4OPt-3. The molecule has 11 aromatic rings. The van der Waals surface area contributed by atoms with Crippen LogP contribution in [0.1, 0.15) is 26.3 Å². The Labute approximate surface area is 424 Å². The number of hydrogen-bond acceptors (Lipinski definition) is 4. The largest absolute Gasteiger partial charge is 0.509 e. The van der Waals surface area contributed by atoms with Gasteiger partial charge in [-0.3, -0.25) is 0 Å². The number of pyridine rings is 1. The normalized spacial score (nSPS) is 12.3. The quantitative estimate of drug-likeness (QED) is 0.135. The fourth-order valence-electron chi connectivity index (χ4n) is 9.63. The van der Waals surface area contributed by atoms with Gasteiger partial charge in [0.25, 0.3) is 0 Å². The molecule has 9 aromatic carbocycles. The molecule has 0 unspecified atom stereocenters. The summed E-state index contributed by atoms with van der Waals surface area (Å²) in [6.45, 7) is 8.87. The Balaban J connectivity index is 0.00000533. The van der Waals surface area contributed by atoms with Gasteiger partial charge in [0.2, 0.25) is 0 Å². The molecule has 0 spiro atoms. The van der Waals surface area contributed by atoms with Gasteiger partial charge < -0.3 is 19.1 Å². The molecule has 0 saturated heterocycles. The number of aromatic nitrogens is 2. The molecule has 0 N–H and O–H groups in total. The minimum Gasteiger partial charge on any atom is -0.509 e. The first-order valence-electron chi connectivity index (χ1n) is 23.4. The van der Waals surface area contributed by atoms with Crippen LogP contribution in [0.2, 0.25) is 0 Å². The molecule has 5 nitrogen and oxygen atoms in total. The molecule has 6 heteroatoms. The average molecular weight is 1080 g/mol. The second-order valence-corrected chi connectivity index (χ2v) is 18.5. The molecule has 1 aliphatic heterocycles. The summed E-state index contributed by atoms with van der Waals surface area (Å²) >= 11 is 0. The predicted octanol–water partition coefficient (Wildman–Crippen LogP) is 16.9. The van der Waals surface area contributed by atoms with Crippen molar-refractivity contribution in [2.45, 2.75) is 26.2 Å². The van der Waals surface area contributed by atoms with Crippen LogP contribution in [0.3, 0.4) is 0 Å². The maximum Gasteiger partial charge on any atom is 0.135 e. The van der Waals surface area contributed by atoms with E-state index in [1.165, 1.54) is 27.8 Å². The number of fused-ring (bicyclic) bond motifs is 4. The van der Waals surface area contributed by atoms with Gasteiger partial charge in [-0.15, -0.1) is 48.1 Å². The van der Waals surface area contributed by atoms with E-state index in [-0.39, 0.29) is 26.5 Å². The van der Waals surface area contributed by atoms with E-state index in [9.17, 15) is 0 Å². The number of rotatable bonds is 9. The van der Waals surface area contributed by atoms with E-state index in [4.69, 9.17) is 9.72 Å². The molecule has 12 rings (SSSR count). The number of anilines is 4. The maximum absolute atomic E-state index is 6.69. The van der Waals surface area contributed by atoms with Crippen molar-refractivity contribution in [2.75, 3.05) is 9.80 Å². The average Bonchev–Trinajstić information content (AvgIpc) is 3.95. The van der Waals surface area contributed by atoms with Crippen LogP contribution in [-0.2, 0) is 26.5 Å². The first kappa shape index (κ1) is 44.5. The van der Waals surface area contributed by atoms with Crippen LogP contribution in [0, 0.1) is 18.8 Å². The molecule has 342 valence electrons. The van der Waals surface area contributed by atoms with Gasteiger partial charge in [0.1, 0.15) is 5.82 Å². The minimum absolute atomic E-state index is 0. The minimum atomic E-state index is -0.0323. The smallest absolute Gasteiger partial charge is 0.135 e. The van der Waals surface area contributed by atoms with E-state index in [2.05, 4.69) is 254 Å². The standard InChI is InChI=1S/C64H47N4O.Pt/c1-64(2,3)50-38-39-65-62(40-50)68-58-25-11-10-22-56(58)57-37-36-53(42-61(57)68)69-52-21-14-20-51(41-52)66-43-67(60-27-13-12-26-59(60)66)63-54(48-32-28-46(29-33-48)44-16-6-4-7-17-44)23-15-24-55(63)49-34-30-47(31-35-49)45-18-8-5-9-19-45;/h4-40,43H,1-3H3;/q-3;. The van der Waals surface area contributed by atoms with Gasteiger partial charge in [-0.05, 0) is 80.1 Å². The zero-order chi connectivity index (χ0) is 46.5. The van der Waals surface area contributed by atoms with E-state index in [1.54, 1.807) is 0 Å². The number of nitrogens with zero attached hydrogens (tertiary/aromatic N) is 4. The van der Waals surface area contributed by atoms with Gasteiger partial charge in [-0.2, -0.15) is 12.1 Å². The summed E-state index contributed by atoms with van der Waals surface area (Å²) in [6, 6.07) is 84.4. The van der Waals surface area contributed by atoms with Crippen LogP contribution in [0.5, 0.6) is 11.5 Å². The topological polar surface area (TPSA) is 33.5 Å². The Bertz CT molecular complexity index is 3550. The molecule has 0 radical (unpaired) electrons. The van der Waals surface area contributed by atoms with Crippen molar-refractivity contribution in [3.8, 4) is 61.8 Å². The first-order valence-corrected chi connectivity index (χ1v) is 23.4. The molecule has 70 heavy (non-hydrogen) atoms. The second kappa shape index (κ2) is 18.5. The Morgan fingerprint density at radius 1 is 0.471 bits per heavy atom. The zero-order valence-corrected chi connectivity index (χ0v) is 41.2. The monoisotopic (exact) mass is 1080 g/mol. The molecule has 0 bridgehead atoms. The van der Waals surface area contributed by atoms with Crippen molar-refractivity contribution in [1.82, 2.24) is 9.55 Å². The molecule has 0 amide bonds. The van der Waals surface area contributed by atoms with E-state index >= 15 is 0 Å². The summed E-state index contributed by atoms with van der Waals surface area (Å²) in [5, 5.41) is 2.22. The van der Waals surface area contributed by atoms with Crippen LogP contribution in [0.4, 0.5) is 22.7 Å². The van der Waals surface area contributed by atoms with Crippen LogP contribution >= 0.6 is 0 Å². The van der Waals surface area contributed by atoms with Crippen molar-refractivity contribution in [2.24, 2.45) is 0 Å². The summed E-state index contributed by atoms with van der Waals surface area (Å²) < 4.78 is 8.88. The Morgan fingerprint density at radius 3 is 1.66 bits per heavy atom. The van der Waals surface area contributed by atoms with Crippen LogP contribution in [0.15, 0.2) is 225 Å². The van der Waals surface area contributed by atoms with E-state index in [0.717, 1.165) is 72.6 Å². The first-order chi connectivity index (χ1) is 33.8. The molecular weight excluding hydrogens is 1040 g/mol. The molecule has 2 aromatic heterocycles. The Kier molecular flexibility index (Phi) is 11.8. The SMILES string of the molecule is CC(C)(C)c1ccnc(-n2c3[c-]c(Oc4[c-]c(N5[CH-]N(c6c(-c7ccc(-c8ccccc8)cc7)cccc6-c6ccc(-c7ccccc7)cc6)c6ccccc65)ccc4)ccc3c3ccccc32)c1.[Pt]. The summed E-state index contributed by atoms with van der Waals surface area (Å²) in [4.78, 5) is 9.41. The van der Waals surface area contributed by atoms with Gasteiger partial charge in [-0.25, -0.2) is 4.98 Å². The van der Waals surface area contributed by atoms with Crippen molar-refractivity contribution >= 4 is 44.6 Å². The molecule has 0 fully saturated rings. The summed E-state index contributed by atoms with van der Waals surface area (Å²) in [7, 11) is 0. The van der Waals surface area contributed by atoms with Crippen molar-refractivity contribution in [3.05, 3.63) is 249 Å². The number of ether oxygens (including phenoxy) is 1. The third-order valence-electron chi connectivity index (χ3n) is 13.1. The Morgan fingerprint density at radius 2 is 1.01 bits per heavy atom. The van der Waals surface area contributed by atoms with Crippen LogP contribution in [0.25, 0.3) is 72.1 Å². The summed E-state index contributed by atoms with van der Waals surface area (Å²) in [5.41, 5.74) is 16.4. The van der Waals surface area contributed by atoms with Crippen molar-refractivity contribution in [3.63, 3.8) is 0 Å². The number of hydrogen-bond donors (Lipinski definition) is 0. The third kappa shape index (κ3) is 8.27. The van der Waals surface area contributed by atoms with Gasteiger partial charge in [0.15, 0.2) is 0 Å². The van der Waals surface area contributed by atoms with E-state index in [0.29, 0.717) is 11.5 Å². The summed E-state index contributed by atoms with van der Waals surface area (Å²) in [6.07, 6.45) is 1.90. The summed E-state index contributed by atoms with van der Waals surface area (Å²) in [5.74, 6) is 2.03. The van der Waals surface area contributed by atoms with Gasteiger partial charge in [-0.1, -0.05) is 184 Å². The molecule has 3 heterocycles. The van der Waals surface area contributed by atoms with Crippen molar-refractivity contribution < 1.29 is 25.8 Å². The van der Waals surface area contributed by atoms with Gasteiger partial charge >= 0.3 is 0 Å². The Hall–Kier alpha value is -7.98. The van der Waals surface area contributed by atoms with Gasteiger partial charge in [0.05, 0.1) is 0 Å². The molecule has 0 saturated carbocycles. The van der Waals surface area contributed by atoms with E-state index < -0.39 is 0 Å². The fraction of sp³-hybridized carbons (Fsp3) is 0.0625. The maximum atomic E-state index is 6.69. The molecule has 1 aliphatic rings. The van der Waals surface area contributed by atoms with Crippen LogP contribution < -0.4 is 14.5 Å². The number of para-hydroxylation sites is 4.